The highest BCUT2D eigenvalue weighted by molar-refractivity contribution is 7.47. The summed E-state index contributed by atoms with van der Waals surface area (Å²) < 4.78 is 68.7. The van der Waals surface area contributed by atoms with E-state index in [0.717, 1.165) is 108 Å². The van der Waals surface area contributed by atoms with Gasteiger partial charge < -0.3 is 33.8 Å². The van der Waals surface area contributed by atoms with E-state index in [1.807, 2.05) is 0 Å². The lowest BCUT2D eigenvalue weighted by atomic mass is 9.99. The molecule has 3 N–H and O–H groups in total. The molecule has 0 aromatic rings. The molecule has 17 nitrogen and oxygen atoms in total. The minimum Gasteiger partial charge on any atom is -0.462 e. The Hall–Kier alpha value is -1.94. The van der Waals surface area contributed by atoms with Gasteiger partial charge in [0.2, 0.25) is 0 Å². The summed E-state index contributed by atoms with van der Waals surface area (Å²) in [5.41, 5.74) is 0. The highest BCUT2D eigenvalue weighted by Crippen LogP contribution is 2.45. The number of aliphatic hydroxyl groups is 1. The fourth-order valence-electron chi connectivity index (χ4n) is 12.6. The topological polar surface area (TPSA) is 237 Å². The summed E-state index contributed by atoms with van der Waals surface area (Å²) in [5.74, 6) is 0.298. The first-order valence-corrected chi connectivity index (χ1v) is 45.4. The molecule has 0 aromatic heterocycles. The van der Waals surface area contributed by atoms with Crippen LogP contribution in [0, 0.1) is 17.8 Å². The Bertz CT molecular complexity index is 1960. The lowest BCUT2D eigenvalue weighted by Gasteiger charge is -2.21. The molecule has 0 heterocycles. The van der Waals surface area contributed by atoms with Crippen molar-refractivity contribution in [3.63, 3.8) is 0 Å². The third kappa shape index (κ3) is 74.7. The molecule has 600 valence electrons. The molecule has 0 saturated heterocycles. The van der Waals surface area contributed by atoms with Crippen molar-refractivity contribution in [2.75, 3.05) is 39.6 Å². The zero-order valence-electron chi connectivity index (χ0n) is 66.4. The molecule has 0 radical (unpaired) electrons. The van der Waals surface area contributed by atoms with Crippen LogP contribution in [0.15, 0.2) is 0 Å². The summed E-state index contributed by atoms with van der Waals surface area (Å²) in [4.78, 5) is 73.0. The van der Waals surface area contributed by atoms with Gasteiger partial charge in [-0.15, -0.1) is 0 Å². The van der Waals surface area contributed by atoms with Gasteiger partial charge in [-0.2, -0.15) is 0 Å². The Labute approximate surface area is 619 Å². The van der Waals surface area contributed by atoms with Crippen LogP contribution in [0.3, 0.4) is 0 Å². The van der Waals surface area contributed by atoms with E-state index in [2.05, 4.69) is 48.5 Å². The maximum absolute atomic E-state index is 13.1. The standard InChI is InChI=1S/C82H160O17P2/c1-8-10-11-12-13-14-25-35-42-49-56-63-79(84)92-69-77(99-82(87)66-59-52-45-38-31-24-27-33-40-47-54-61-74(5)6)71-96-100(88,89)94-67-76(83)68-95-101(90,91)97-72-78(70-93-80(85)64-57-50-43-36-30-23-26-32-39-46-53-60-73(3)4)98-81(86)65-58-51-44-37-29-22-20-18-16-15-17-19-21-28-34-41-48-55-62-75(7)9-2/h73-78,83H,8-72H2,1-7H3,(H,88,89)(H,90,91)/t75?,76-,77+,78+/m0/s1. The highest BCUT2D eigenvalue weighted by atomic mass is 31.2. The number of rotatable bonds is 80. The van der Waals surface area contributed by atoms with Gasteiger partial charge in [-0.25, -0.2) is 9.13 Å². The monoisotopic (exact) mass is 1480 g/mol. The summed E-state index contributed by atoms with van der Waals surface area (Å²) >= 11 is 0. The van der Waals surface area contributed by atoms with Crippen LogP contribution in [0.5, 0.6) is 0 Å². The van der Waals surface area contributed by atoms with Crippen molar-refractivity contribution in [2.24, 2.45) is 17.8 Å². The molecule has 0 aromatic carbocycles. The molecule has 19 heteroatoms. The number of unbranched alkanes of at least 4 members (excludes halogenated alkanes) is 47. The second-order valence-corrected chi connectivity index (χ2v) is 33.6. The second-order valence-electron chi connectivity index (χ2n) is 30.7. The summed E-state index contributed by atoms with van der Waals surface area (Å²) in [5, 5.41) is 10.6. The normalized spacial score (nSPS) is 14.2. The third-order valence-electron chi connectivity index (χ3n) is 19.5. The Morgan fingerprint density at radius 2 is 0.505 bits per heavy atom. The van der Waals surface area contributed by atoms with Crippen LogP contribution in [-0.2, 0) is 65.4 Å². The van der Waals surface area contributed by atoms with E-state index >= 15 is 0 Å². The van der Waals surface area contributed by atoms with Crippen molar-refractivity contribution in [3.05, 3.63) is 0 Å². The molecule has 0 fully saturated rings. The van der Waals surface area contributed by atoms with Gasteiger partial charge in [0.25, 0.3) is 0 Å². The van der Waals surface area contributed by atoms with Crippen LogP contribution < -0.4 is 0 Å². The van der Waals surface area contributed by atoms with Gasteiger partial charge in [0.1, 0.15) is 19.3 Å². The Kier molecular flexibility index (Phi) is 70.9. The Morgan fingerprint density at radius 3 is 0.752 bits per heavy atom. The summed E-state index contributed by atoms with van der Waals surface area (Å²) in [6, 6.07) is 0. The van der Waals surface area contributed by atoms with Crippen LogP contribution in [0.4, 0.5) is 0 Å². The first-order valence-electron chi connectivity index (χ1n) is 42.4. The smallest absolute Gasteiger partial charge is 0.462 e. The van der Waals surface area contributed by atoms with Crippen LogP contribution in [-0.4, -0.2) is 96.7 Å². The number of carbonyl (C=O) groups is 4. The molecule has 0 aliphatic heterocycles. The molecule has 3 unspecified atom stereocenters. The molecule has 0 aliphatic carbocycles. The van der Waals surface area contributed by atoms with Crippen molar-refractivity contribution < 1.29 is 80.2 Å². The summed E-state index contributed by atoms with van der Waals surface area (Å²) in [7, 11) is -9.92. The highest BCUT2D eigenvalue weighted by Gasteiger charge is 2.30. The number of hydrogen-bond donors (Lipinski definition) is 3. The summed E-state index contributed by atoms with van der Waals surface area (Å²) in [6.45, 7) is 12.0. The van der Waals surface area contributed by atoms with E-state index in [1.54, 1.807) is 0 Å². The van der Waals surface area contributed by atoms with Crippen molar-refractivity contribution in [1.82, 2.24) is 0 Å². The van der Waals surface area contributed by atoms with Gasteiger partial charge in [0.15, 0.2) is 12.2 Å². The van der Waals surface area contributed by atoms with E-state index in [9.17, 15) is 43.2 Å². The zero-order valence-corrected chi connectivity index (χ0v) is 68.2. The largest absolute Gasteiger partial charge is 0.472 e. The van der Waals surface area contributed by atoms with Crippen molar-refractivity contribution >= 4 is 39.5 Å². The molecule has 0 bridgehead atoms. The molecule has 0 amide bonds. The molecule has 0 aliphatic rings. The number of carbonyl (C=O) groups excluding carboxylic acids is 4. The minimum atomic E-state index is -4.96. The molecule has 0 spiro atoms. The molecular weight excluding hydrogens is 1320 g/mol. The van der Waals surface area contributed by atoms with E-state index in [4.69, 9.17) is 37.0 Å². The minimum absolute atomic E-state index is 0.107. The Balaban J connectivity index is 5.22. The molecule has 101 heavy (non-hydrogen) atoms. The fraction of sp³-hybridized carbons (Fsp3) is 0.951. The number of phosphoric acid groups is 2. The molecule has 0 rings (SSSR count). The van der Waals surface area contributed by atoms with Gasteiger partial charge in [0.05, 0.1) is 26.4 Å². The first kappa shape index (κ1) is 99.1. The molecular formula is C82H160O17P2. The second kappa shape index (κ2) is 72.3. The maximum Gasteiger partial charge on any atom is 0.472 e. The van der Waals surface area contributed by atoms with Crippen molar-refractivity contribution in [3.8, 4) is 0 Å². The maximum atomic E-state index is 13.1. The van der Waals surface area contributed by atoms with Gasteiger partial charge in [0, 0.05) is 25.7 Å². The predicted octanol–water partition coefficient (Wildman–Crippen LogP) is 24.5. The first-order chi connectivity index (χ1) is 48.8. The third-order valence-corrected chi connectivity index (χ3v) is 21.4. The van der Waals surface area contributed by atoms with Gasteiger partial charge in [-0.3, -0.25) is 37.3 Å². The lowest BCUT2D eigenvalue weighted by Crippen LogP contribution is -2.30. The van der Waals surface area contributed by atoms with E-state index in [1.165, 1.54) is 238 Å². The molecule has 0 saturated carbocycles. The van der Waals surface area contributed by atoms with Gasteiger partial charge >= 0.3 is 39.5 Å². The van der Waals surface area contributed by atoms with Crippen LogP contribution in [0.1, 0.15) is 427 Å². The fourth-order valence-corrected chi connectivity index (χ4v) is 14.2. The van der Waals surface area contributed by atoms with E-state index in [0.29, 0.717) is 25.7 Å². The predicted molar refractivity (Wildman–Crippen MR) is 414 cm³/mol. The zero-order chi connectivity index (χ0) is 74.4. The number of phosphoric ester groups is 2. The van der Waals surface area contributed by atoms with Gasteiger partial charge in [-0.05, 0) is 43.4 Å². The average molecular weight is 1480 g/mol. The Morgan fingerprint density at radius 1 is 0.287 bits per heavy atom. The van der Waals surface area contributed by atoms with Crippen LogP contribution in [0.25, 0.3) is 0 Å². The number of esters is 4. The van der Waals surface area contributed by atoms with E-state index in [-0.39, 0.29) is 25.7 Å². The number of aliphatic hydroxyl groups excluding tert-OH is 1. The van der Waals surface area contributed by atoms with Gasteiger partial charge in [-0.1, -0.05) is 376 Å². The van der Waals surface area contributed by atoms with E-state index < -0.39 is 97.5 Å². The lowest BCUT2D eigenvalue weighted by molar-refractivity contribution is -0.161. The number of hydrogen-bond acceptors (Lipinski definition) is 15. The van der Waals surface area contributed by atoms with Crippen molar-refractivity contribution in [1.29, 1.82) is 0 Å². The van der Waals surface area contributed by atoms with Crippen LogP contribution >= 0.6 is 15.6 Å². The quantitative estimate of drug-likeness (QED) is 0.0222. The van der Waals surface area contributed by atoms with Crippen molar-refractivity contribution in [2.45, 2.75) is 446 Å². The number of ether oxygens (including phenoxy) is 4. The average Bonchev–Trinajstić information content (AvgIpc) is 1.09. The SMILES string of the molecule is CCCCCCCCCCCCCC(=O)OC[C@H](COP(=O)(O)OC[C@H](O)COP(=O)(O)OC[C@@H](COC(=O)CCCCCCCCCCCCCC(C)C)OC(=O)CCCCCCCCCCCCCCCCCCCCC(C)CC)OC(=O)CCCCCCCCCCCCCC(C)C. The van der Waals surface area contributed by atoms with Crippen LogP contribution in [0.2, 0.25) is 0 Å². The summed E-state index contributed by atoms with van der Waals surface area (Å²) in [6.07, 6.45) is 61.0. The molecule has 6 atom stereocenters.